The van der Waals surface area contributed by atoms with Gasteiger partial charge in [-0.3, -0.25) is 9.20 Å². The van der Waals surface area contributed by atoms with Crippen molar-refractivity contribution >= 4 is 40.3 Å². The highest BCUT2D eigenvalue weighted by Gasteiger charge is 2.24. The number of aromatic nitrogens is 3. The molecule has 2 heterocycles. The third-order valence-corrected chi connectivity index (χ3v) is 6.95. The minimum atomic E-state index is -0.316. The van der Waals surface area contributed by atoms with Crippen molar-refractivity contribution in [2.75, 3.05) is 19.6 Å². The number of hydrogen-bond donors (Lipinski definition) is 0. The van der Waals surface area contributed by atoms with Crippen molar-refractivity contribution in [1.82, 2.24) is 18.9 Å². The minimum absolute atomic E-state index is 0.187. The topological polar surface area (TPSA) is 42.5 Å². The first-order valence-corrected chi connectivity index (χ1v) is 12.8. The molecule has 7 heteroatoms. The van der Waals surface area contributed by atoms with Gasteiger partial charge in [0.15, 0.2) is 0 Å². The maximum atomic E-state index is 13.8. The second-order valence-corrected chi connectivity index (χ2v) is 9.30. The predicted molar refractivity (Wildman–Crippen MR) is 149 cm³/mol. The van der Waals surface area contributed by atoms with Crippen LogP contribution in [-0.2, 0) is 6.54 Å². The zero-order valence-corrected chi connectivity index (χ0v) is 21.6. The van der Waals surface area contributed by atoms with Gasteiger partial charge in [-0.25, -0.2) is 9.37 Å². The summed E-state index contributed by atoms with van der Waals surface area (Å²) in [6.07, 6.45) is 3.23. The van der Waals surface area contributed by atoms with Gasteiger partial charge < -0.3 is 9.47 Å². The number of para-hydroxylation sites is 2. The Morgan fingerprint density at radius 2 is 1.65 bits per heavy atom. The Hall–Kier alpha value is -3.74. The maximum absolute atomic E-state index is 13.8. The average molecular weight is 515 g/mol. The molecule has 37 heavy (non-hydrogen) atoms. The molecule has 0 N–H and O–H groups in total. The third-order valence-electron chi connectivity index (χ3n) is 6.70. The van der Waals surface area contributed by atoms with Crippen LogP contribution in [0, 0.1) is 5.82 Å². The molecule has 0 radical (unpaired) electrons. The highest BCUT2D eigenvalue weighted by Crippen LogP contribution is 2.31. The molecule has 0 bridgehead atoms. The van der Waals surface area contributed by atoms with E-state index in [9.17, 15) is 9.18 Å². The number of carbonyl (C=O) groups excluding carboxylic acids is 1. The first kappa shape index (κ1) is 24.9. The number of fused-ring (bicyclic) bond motifs is 3. The van der Waals surface area contributed by atoms with Gasteiger partial charge in [-0.15, -0.1) is 0 Å². The average Bonchev–Trinajstić information content (AvgIpc) is 3.45. The molecule has 0 spiro atoms. The largest absolute Gasteiger partial charge is 0.308 e. The molecule has 2 aromatic heterocycles. The second kappa shape index (κ2) is 10.7. The van der Waals surface area contributed by atoms with Crippen LogP contribution in [0.25, 0.3) is 34.1 Å². The van der Waals surface area contributed by atoms with E-state index in [1.54, 1.807) is 30.3 Å². The van der Waals surface area contributed by atoms with Crippen LogP contribution in [0.5, 0.6) is 0 Å². The number of ketones is 1. The molecular weight excluding hydrogens is 487 g/mol. The summed E-state index contributed by atoms with van der Waals surface area (Å²) in [7, 11) is 0. The number of halogens is 2. The van der Waals surface area contributed by atoms with Gasteiger partial charge in [-0.1, -0.05) is 67.9 Å². The van der Waals surface area contributed by atoms with E-state index in [4.69, 9.17) is 16.6 Å². The van der Waals surface area contributed by atoms with Gasteiger partial charge in [0.2, 0.25) is 11.6 Å². The van der Waals surface area contributed by atoms with Crippen LogP contribution in [0.15, 0.2) is 78.9 Å². The van der Waals surface area contributed by atoms with Crippen LogP contribution in [0.1, 0.15) is 29.9 Å². The molecule has 0 amide bonds. The van der Waals surface area contributed by atoms with Crippen molar-refractivity contribution in [3.8, 4) is 11.3 Å². The van der Waals surface area contributed by atoms with Crippen LogP contribution in [0.2, 0.25) is 5.02 Å². The molecule has 5 nitrogen and oxygen atoms in total. The molecule has 0 saturated heterocycles. The van der Waals surface area contributed by atoms with Crippen molar-refractivity contribution in [3.05, 3.63) is 101 Å². The number of benzene rings is 3. The van der Waals surface area contributed by atoms with Crippen molar-refractivity contribution in [2.24, 2.45) is 0 Å². The molecule has 0 aliphatic heterocycles. The highest BCUT2D eigenvalue weighted by molar-refractivity contribution is 6.30. The molecular formula is C30H28ClFN4O. The summed E-state index contributed by atoms with van der Waals surface area (Å²) in [6.45, 7) is 7.87. The molecule has 0 unspecified atom stereocenters. The molecule has 0 aliphatic carbocycles. The van der Waals surface area contributed by atoms with E-state index < -0.39 is 0 Å². The fourth-order valence-electron chi connectivity index (χ4n) is 4.67. The normalized spacial score (nSPS) is 11.9. The van der Waals surface area contributed by atoms with E-state index >= 15 is 0 Å². The maximum Gasteiger partial charge on any atom is 0.216 e. The van der Waals surface area contributed by atoms with Gasteiger partial charge in [-0.05, 0) is 61.1 Å². The number of nitrogens with zero attached hydrogens (tertiary/aromatic N) is 4. The van der Waals surface area contributed by atoms with Gasteiger partial charge in [0.1, 0.15) is 17.2 Å². The minimum Gasteiger partial charge on any atom is -0.308 e. The van der Waals surface area contributed by atoms with E-state index in [0.717, 1.165) is 54.1 Å². The SMILES string of the molecule is CCN(CC)CCn1c2ccccc2n2c(C(=O)/C=C\c3ccc(F)cc3)c(-c3ccc(Cl)cc3)nc12. The lowest BCUT2D eigenvalue weighted by Gasteiger charge is -2.18. The molecule has 0 aliphatic rings. The number of imidazole rings is 2. The zero-order chi connectivity index (χ0) is 25.9. The summed E-state index contributed by atoms with van der Waals surface area (Å²) < 4.78 is 17.5. The van der Waals surface area contributed by atoms with Crippen LogP contribution in [0.3, 0.4) is 0 Å². The Bertz CT molecular complexity index is 1580. The van der Waals surface area contributed by atoms with Crippen LogP contribution in [0.4, 0.5) is 4.39 Å². The Labute approximate surface area is 220 Å². The van der Waals surface area contributed by atoms with E-state index in [-0.39, 0.29) is 11.6 Å². The van der Waals surface area contributed by atoms with Gasteiger partial charge in [0.05, 0.1) is 11.0 Å². The van der Waals surface area contributed by atoms with E-state index in [0.29, 0.717) is 16.4 Å². The Balaban J connectivity index is 1.69. The van der Waals surface area contributed by atoms with E-state index in [1.807, 2.05) is 34.7 Å². The lowest BCUT2D eigenvalue weighted by molar-refractivity contribution is 0.104. The summed E-state index contributed by atoms with van der Waals surface area (Å²) in [4.78, 5) is 21.2. The molecule has 0 fully saturated rings. The second-order valence-electron chi connectivity index (χ2n) is 8.87. The summed E-state index contributed by atoms with van der Waals surface area (Å²) >= 11 is 6.15. The smallest absolute Gasteiger partial charge is 0.216 e. The molecule has 0 saturated carbocycles. The van der Waals surface area contributed by atoms with E-state index in [1.165, 1.54) is 18.2 Å². The lowest BCUT2D eigenvalue weighted by Crippen LogP contribution is -2.27. The third kappa shape index (κ3) is 4.95. The van der Waals surface area contributed by atoms with Gasteiger partial charge in [0.25, 0.3) is 0 Å². The summed E-state index contributed by atoms with van der Waals surface area (Å²) in [6, 6.07) is 21.5. The Morgan fingerprint density at radius 3 is 2.32 bits per heavy atom. The Morgan fingerprint density at radius 1 is 0.973 bits per heavy atom. The predicted octanol–water partition coefficient (Wildman–Crippen LogP) is 6.99. The molecule has 188 valence electrons. The highest BCUT2D eigenvalue weighted by atomic mass is 35.5. The Kier molecular flexibility index (Phi) is 7.22. The quantitative estimate of drug-likeness (QED) is 0.157. The molecule has 5 aromatic rings. The van der Waals surface area contributed by atoms with Crippen molar-refractivity contribution < 1.29 is 9.18 Å². The van der Waals surface area contributed by atoms with Crippen molar-refractivity contribution in [1.29, 1.82) is 0 Å². The van der Waals surface area contributed by atoms with Crippen LogP contribution < -0.4 is 0 Å². The first-order chi connectivity index (χ1) is 18.0. The fourth-order valence-corrected chi connectivity index (χ4v) is 4.80. The number of likely N-dealkylation sites (N-methyl/N-ethyl adjacent to an activating group) is 1. The van der Waals surface area contributed by atoms with E-state index in [2.05, 4.69) is 29.4 Å². The fraction of sp³-hybridized carbons (Fsp3) is 0.200. The molecule has 5 rings (SSSR count). The summed E-state index contributed by atoms with van der Waals surface area (Å²) in [5.41, 5.74) is 4.58. The van der Waals surface area contributed by atoms with Crippen molar-refractivity contribution in [3.63, 3.8) is 0 Å². The zero-order valence-electron chi connectivity index (χ0n) is 20.9. The number of hydrogen-bond acceptors (Lipinski definition) is 3. The number of allylic oxidation sites excluding steroid dienone is 1. The standard InChI is InChI=1S/C30H28ClFN4O/c1-3-34(4-2)19-20-35-25-7-5-6-8-26(25)36-29(27(37)18-11-21-9-16-24(32)17-10-21)28(33-30(35)36)22-12-14-23(31)15-13-22/h5-18H,3-4,19-20H2,1-2H3/b18-11-. The summed E-state index contributed by atoms with van der Waals surface area (Å²) in [5.74, 6) is 0.216. The lowest BCUT2D eigenvalue weighted by atomic mass is 10.1. The number of rotatable bonds is 9. The van der Waals surface area contributed by atoms with Crippen molar-refractivity contribution in [2.45, 2.75) is 20.4 Å². The summed E-state index contributed by atoms with van der Waals surface area (Å²) in [5, 5.41) is 0.616. The molecule has 3 aromatic carbocycles. The molecule has 0 atom stereocenters. The number of carbonyl (C=O) groups is 1. The first-order valence-electron chi connectivity index (χ1n) is 12.5. The van der Waals surface area contributed by atoms with Gasteiger partial charge in [-0.2, -0.15) is 0 Å². The van der Waals surface area contributed by atoms with Gasteiger partial charge >= 0.3 is 0 Å². The van der Waals surface area contributed by atoms with Crippen LogP contribution in [-0.4, -0.2) is 44.3 Å². The monoisotopic (exact) mass is 514 g/mol. The van der Waals surface area contributed by atoms with Crippen LogP contribution >= 0.6 is 11.6 Å². The van der Waals surface area contributed by atoms with Gasteiger partial charge in [0, 0.05) is 23.7 Å².